The van der Waals surface area contributed by atoms with Crippen molar-refractivity contribution in [2.24, 2.45) is 0 Å². The number of halogens is 3. The molecule has 3 heterocycles. The van der Waals surface area contributed by atoms with E-state index in [9.17, 15) is 32.3 Å². The van der Waals surface area contributed by atoms with E-state index in [0.717, 1.165) is 6.20 Å². The van der Waals surface area contributed by atoms with E-state index >= 15 is 0 Å². The molecule has 3 amide bonds. The van der Waals surface area contributed by atoms with Gasteiger partial charge in [0.05, 0.1) is 12.6 Å². The molecule has 46 heavy (non-hydrogen) atoms. The summed E-state index contributed by atoms with van der Waals surface area (Å²) < 4.78 is 55.9. The van der Waals surface area contributed by atoms with Crippen LogP contribution < -0.4 is 15.2 Å². The number of nitrogens with zero attached hydrogens (tertiary/aromatic N) is 4. The summed E-state index contributed by atoms with van der Waals surface area (Å²) in [5, 5.41) is 1.72. The van der Waals surface area contributed by atoms with E-state index in [-0.39, 0.29) is 31.1 Å². The van der Waals surface area contributed by atoms with Crippen LogP contribution in [-0.4, -0.2) is 56.7 Å². The van der Waals surface area contributed by atoms with Gasteiger partial charge in [-0.1, -0.05) is 42.5 Å². The highest BCUT2D eigenvalue weighted by atomic mass is 19.1. The van der Waals surface area contributed by atoms with E-state index in [2.05, 4.69) is 0 Å². The summed E-state index contributed by atoms with van der Waals surface area (Å²) in [4.78, 5) is 57.4. The Hall–Kier alpha value is -5.07. The monoisotopic (exact) mass is 638 g/mol. The van der Waals surface area contributed by atoms with Crippen molar-refractivity contribution in [1.82, 2.24) is 14.5 Å². The fourth-order valence-electron chi connectivity index (χ4n) is 5.14. The molecule has 2 aromatic carbocycles. The smallest absolute Gasteiger partial charge is 0.417 e. The topological polar surface area (TPSA) is 101 Å². The number of aromatic nitrogens is 1. The van der Waals surface area contributed by atoms with Gasteiger partial charge in [-0.15, -0.1) is 0 Å². The molecule has 0 spiro atoms. The van der Waals surface area contributed by atoms with Crippen molar-refractivity contribution in [3.63, 3.8) is 0 Å². The van der Waals surface area contributed by atoms with Crippen molar-refractivity contribution in [3.05, 3.63) is 111 Å². The van der Waals surface area contributed by atoms with Gasteiger partial charge in [-0.25, -0.2) is 22.9 Å². The Morgan fingerprint density at radius 3 is 2.24 bits per heavy atom. The predicted molar refractivity (Wildman–Crippen MR) is 161 cm³/mol. The van der Waals surface area contributed by atoms with Crippen LogP contribution in [0.2, 0.25) is 0 Å². The number of hydrogen-bond acceptors (Lipinski definition) is 7. The van der Waals surface area contributed by atoms with Gasteiger partial charge in [0, 0.05) is 29.9 Å². The molecule has 5 rings (SSSR count). The lowest BCUT2D eigenvalue weighted by Crippen LogP contribution is -2.57. The normalized spacial score (nSPS) is 17.3. The molecule has 0 aliphatic carbocycles. The van der Waals surface area contributed by atoms with Crippen molar-refractivity contribution in [3.8, 4) is 5.75 Å². The summed E-state index contributed by atoms with van der Waals surface area (Å²) in [5.41, 5.74) is -3.07. The zero-order chi connectivity index (χ0) is 33.5. The number of carbonyl (C=O) groups excluding carboxylic acids is 3. The van der Waals surface area contributed by atoms with Crippen LogP contribution in [0.15, 0.2) is 65.6 Å². The number of rotatable bonds is 6. The number of amides is 3. The molecule has 0 saturated carbocycles. The molecular formula is C33H33F3N4O6. The van der Waals surface area contributed by atoms with Crippen LogP contribution in [0.4, 0.5) is 18.0 Å². The van der Waals surface area contributed by atoms with Gasteiger partial charge in [-0.3, -0.25) is 24.1 Å². The van der Waals surface area contributed by atoms with Crippen molar-refractivity contribution in [2.75, 3.05) is 11.7 Å². The maximum atomic E-state index is 14.8. The van der Waals surface area contributed by atoms with E-state index in [1.165, 1.54) is 25.4 Å². The molecule has 2 aliphatic rings. The van der Waals surface area contributed by atoms with Crippen LogP contribution in [0, 0.1) is 17.5 Å². The first-order valence-electron chi connectivity index (χ1n) is 14.6. The Morgan fingerprint density at radius 2 is 1.61 bits per heavy atom. The minimum Gasteiger partial charge on any atom is -0.482 e. The highest BCUT2D eigenvalue weighted by molar-refractivity contribution is 6.04. The number of imide groups is 1. The lowest BCUT2D eigenvalue weighted by molar-refractivity contribution is 0.0222. The molecule has 3 aromatic rings. The van der Waals surface area contributed by atoms with Gasteiger partial charge in [0.2, 0.25) is 5.43 Å². The molecule has 10 nitrogen and oxygen atoms in total. The van der Waals surface area contributed by atoms with E-state index in [0.29, 0.717) is 22.6 Å². The Labute approximate surface area is 263 Å². The number of fused-ring (bicyclic) bond motifs is 4. The molecule has 0 unspecified atom stereocenters. The Bertz CT molecular complexity index is 1760. The van der Waals surface area contributed by atoms with Gasteiger partial charge < -0.3 is 14.4 Å². The van der Waals surface area contributed by atoms with Gasteiger partial charge in [0.15, 0.2) is 11.4 Å². The molecule has 0 radical (unpaired) electrons. The molecule has 2 bridgehead atoms. The Balaban J connectivity index is 1.68. The number of hydrogen-bond donors (Lipinski definition) is 0. The first-order valence-corrected chi connectivity index (χ1v) is 14.6. The van der Waals surface area contributed by atoms with Crippen LogP contribution in [-0.2, 0) is 17.9 Å². The van der Waals surface area contributed by atoms with Gasteiger partial charge in [-0.2, -0.15) is 0 Å². The van der Waals surface area contributed by atoms with Crippen LogP contribution in [0.25, 0.3) is 0 Å². The molecule has 0 N–H and O–H groups in total. The third-order valence-electron chi connectivity index (χ3n) is 7.55. The second-order valence-corrected chi connectivity index (χ2v) is 12.1. The minimum absolute atomic E-state index is 0.0948. The summed E-state index contributed by atoms with van der Waals surface area (Å²) in [5.74, 6) is -6.14. The highest BCUT2D eigenvalue weighted by Crippen LogP contribution is 2.29. The second kappa shape index (κ2) is 12.4. The summed E-state index contributed by atoms with van der Waals surface area (Å²) >= 11 is 0. The second-order valence-electron chi connectivity index (χ2n) is 12.1. The number of carbonyl (C=O) groups is 3. The summed E-state index contributed by atoms with van der Waals surface area (Å²) in [6.07, 6.45) is 3.51. The average molecular weight is 639 g/mol. The van der Waals surface area contributed by atoms with Crippen LogP contribution >= 0.6 is 0 Å². The molecule has 1 aromatic heterocycles. The fraction of sp³-hybridized carbons (Fsp3) is 0.333. The largest absolute Gasteiger partial charge is 0.482 e. The minimum atomic E-state index is -1.35. The van der Waals surface area contributed by atoms with Gasteiger partial charge >= 0.3 is 6.09 Å². The van der Waals surface area contributed by atoms with Crippen molar-refractivity contribution < 1.29 is 37.0 Å². The standard InChI is InChI=1S/C33H33F3N4O6/c1-19-11-12-20(2)40-18-38(19)31(43)27-29(45-17-21-9-7-6-8-10-21)28(41)24(16-39(27)40)30(42)37(32(44)46-33(3,4)5)15-23-25(35)13-22(34)14-26(23)36/h6-14,16,19-20H,15,17-18H2,1-5H3/t19-,20+/m0/s1. The fourth-order valence-corrected chi connectivity index (χ4v) is 5.14. The number of benzene rings is 2. The third kappa shape index (κ3) is 6.35. The maximum absolute atomic E-state index is 14.8. The van der Waals surface area contributed by atoms with E-state index in [1.807, 2.05) is 26.0 Å². The van der Waals surface area contributed by atoms with Crippen LogP contribution in [0.3, 0.4) is 0 Å². The maximum Gasteiger partial charge on any atom is 0.417 e. The van der Waals surface area contributed by atoms with E-state index in [4.69, 9.17) is 9.47 Å². The predicted octanol–water partition coefficient (Wildman–Crippen LogP) is 5.12. The molecule has 2 atom stereocenters. The molecule has 13 heteroatoms. The van der Waals surface area contributed by atoms with E-state index < -0.39 is 69.8 Å². The van der Waals surface area contributed by atoms with E-state index in [1.54, 1.807) is 40.2 Å². The zero-order valence-corrected chi connectivity index (χ0v) is 25.9. The first kappa shape index (κ1) is 32.3. The Kier molecular flexibility index (Phi) is 8.70. The Morgan fingerprint density at radius 1 is 0.978 bits per heavy atom. The highest BCUT2D eigenvalue weighted by Gasteiger charge is 2.40. The SMILES string of the molecule is C[C@@H]1C=C[C@H](C)N2CN1n1cc(C(=O)N(Cc3c(F)cc(F)cc3F)C(=O)OC(C)(C)C)c(=O)c(OCc3ccccc3)c1C2=O. The number of ether oxygens (including phenoxy) is 2. The average Bonchev–Trinajstić information content (AvgIpc) is 3.10. The van der Waals surface area contributed by atoms with Crippen molar-refractivity contribution in [1.29, 1.82) is 0 Å². The van der Waals surface area contributed by atoms with Crippen molar-refractivity contribution in [2.45, 2.75) is 65.5 Å². The molecule has 2 aliphatic heterocycles. The van der Waals surface area contributed by atoms with Gasteiger partial charge in [0.1, 0.15) is 41.9 Å². The zero-order valence-electron chi connectivity index (χ0n) is 25.9. The van der Waals surface area contributed by atoms with Gasteiger partial charge in [0.25, 0.3) is 11.8 Å². The lowest BCUT2D eigenvalue weighted by atomic mass is 10.1. The number of pyridine rings is 1. The summed E-state index contributed by atoms with van der Waals surface area (Å²) in [7, 11) is 0. The first-order chi connectivity index (χ1) is 21.7. The molecular weight excluding hydrogens is 605 g/mol. The quantitative estimate of drug-likeness (QED) is 0.346. The van der Waals surface area contributed by atoms with Crippen LogP contribution in [0.1, 0.15) is 66.6 Å². The van der Waals surface area contributed by atoms with Crippen LogP contribution in [0.5, 0.6) is 5.75 Å². The summed E-state index contributed by atoms with van der Waals surface area (Å²) in [6, 6.07) is 8.99. The molecule has 0 fully saturated rings. The third-order valence-corrected chi connectivity index (χ3v) is 7.55. The molecule has 0 saturated heterocycles. The summed E-state index contributed by atoms with van der Waals surface area (Å²) in [6.45, 7) is 7.15. The molecule has 242 valence electrons. The van der Waals surface area contributed by atoms with Crippen molar-refractivity contribution >= 4 is 17.9 Å². The van der Waals surface area contributed by atoms with Gasteiger partial charge in [-0.05, 0) is 40.2 Å². The lowest BCUT2D eigenvalue weighted by Gasteiger charge is -2.42.